The number of aliphatic imine (C=N–C) groups is 1. The molecule has 20 heavy (non-hydrogen) atoms. The lowest BCUT2D eigenvalue weighted by Gasteiger charge is -2.03. The molecule has 0 atom stereocenters. The van der Waals surface area contributed by atoms with Crippen LogP contribution in [0.15, 0.2) is 51.9 Å². The quantitative estimate of drug-likeness (QED) is 0.838. The highest BCUT2D eigenvalue weighted by atomic mass is 79.9. The van der Waals surface area contributed by atoms with Gasteiger partial charge in [0, 0.05) is 28.9 Å². The van der Waals surface area contributed by atoms with Gasteiger partial charge in [-0.1, -0.05) is 22.0 Å². The Hall–Kier alpha value is -2.14. The molecule has 102 valence electrons. The highest BCUT2D eigenvalue weighted by Gasteiger charge is 2.00. The summed E-state index contributed by atoms with van der Waals surface area (Å²) in [6.45, 7) is 1.45. The van der Waals surface area contributed by atoms with Gasteiger partial charge in [0.05, 0.1) is 5.69 Å². The fourth-order valence-corrected chi connectivity index (χ4v) is 2.02. The van der Waals surface area contributed by atoms with E-state index in [2.05, 4.69) is 26.2 Å². The van der Waals surface area contributed by atoms with Crippen molar-refractivity contribution in [2.45, 2.75) is 6.92 Å². The van der Waals surface area contributed by atoms with E-state index in [4.69, 9.17) is 0 Å². The number of halogens is 1. The molecule has 0 aliphatic carbocycles. The van der Waals surface area contributed by atoms with Crippen LogP contribution >= 0.6 is 15.9 Å². The number of carbonyl (C=O) groups is 1. The molecule has 0 saturated heterocycles. The third kappa shape index (κ3) is 3.93. The van der Waals surface area contributed by atoms with Crippen LogP contribution < -0.4 is 5.32 Å². The highest BCUT2D eigenvalue weighted by molar-refractivity contribution is 9.10. The molecule has 0 unspecified atom stereocenters. The predicted octanol–water partition coefficient (Wildman–Crippen LogP) is 3.86. The van der Waals surface area contributed by atoms with Crippen molar-refractivity contribution in [1.82, 2.24) is 0 Å². The van der Waals surface area contributed by atoms with Gasteiger partial charge in [0.15, 0.2) is 0 Å². The molecule has 5 heteroatoms. The molecule has 0 aromatic heterocycles. The normalized spacial score (nSPS) is 10.7. The Morgan fingerprint density at radius 3 is 2.85 bits per heavy atom. The van der Waals surface area contributed by atoms with E-state index in [0.717, 1.165) is 4.47 Å². The van der Waals surface area contributed by atoms with Gasteiger partial charge in [0.1, 0.15) is 5.75 Å². The zero-order valence-corrected chi connectivity index (χ0v) is 12.4. The molecule has 0 heterocycles. The van der Waals surface area contributed by atoms with Crippen LogP contribution in [0, 0.1) is 0 Å². The molecule has 0 fully saturated rings. The zero-order chi connectivity index (χ0) is 14.5. The summed E-state index contributed by atoms with van der Waals surface area (Å²) >= 11 is 3.34. The van der Waals surface area contributed by atoms with E-state index in [-0.39, 0.29) is 11.7 Å². The van der Waals surface area contributed by atoms with Crippen molar-refractivity contribution in [3.05, 3.63) is 52.5 Å². The number of phenolic OH excluding ortho intramolecular Hbond substituents is 1. The molecule has 0 bridgehead atoms. The van der Waals surface area contributed by atoms with Gasteiger partial charge in [0.25, 0.3) is 0 Å². The van der Waals surface area contributed by atoms with Crippen LogP contribution in [0.3, 0.4) is 0 Å². The van der Waals surface area contributed by atoms with E-state index in [1.165, 1.54) is 6.92 Å². The third-order valence-corrected chi connectivity index (χ3v) is 3.00. The zero-order valence-electron chi connectivity index (χ0n) is 10.8. The Kier molecular flexibility index (Phi) is 4.53. The summed E-state index contributed by atoms with van der Waals surface area (Å²) in [4.78, 5) is 15.3. The van der Waals surface area contributed by atoms with Crippen molar-refractivity contribution in [2.24, 2.45) is 4.99 Å². The number of phenols is 1. The second-order valence-corrected chi connectivity index (χ2v) is 5.11. The molecule has 2 aromatic carbocycles. The smallest absolute Gasteiger partial charge is 0.221 e. The number of amides is 1. The van der Waals surface area contributed by atoms with E-state index in [1.807, 2.05) is 6.07 Å². The highest BCUT2D eigenvalue weighted by Crippen LogP contribution is 2.22. The number of hydrogen-bond acceptors (Lipinski definition) is 3. The van der Waals surface area contributed by atoms with Crippen molar-refractivity contribution >= 4 is 39.4 Å². The summed E-state index contributed by atoms with van der Waals surface area (Å²) in [5.74, 6) is 0.0331. The van der Waals surface area contributed by atoms with Crippen LogP contribution in [-0.2, 0) is 4.79 Å². The van der Waals surface area contributed by atoms with E-state index in [9.17, 15) is 9.90 Å². The minimum atomic E-state index is -0.129. The minimum absolute atomic E-state index is 0.129. The van der Waals surface area contributed by atoms with Crippen molar-refractivity contribution in [2.75, 3.05) is 5.32 Å². The Labute approximate surface area is 125 Å². The van der Waals surface area contributed by atoms with E-state index < -0.39 is 0 Å². The number of nitrogens with one attached hydrogen (secondary N) is 1. The molecule has 1 amide bonds. The Balaban J connectivity index is 2.22. The molecule has 0 spiro atoms. The van der Waals surface area contributed by atoms with E-state index >= 15 is 0 Å². The molecule has 2 aromatic rings. The molecule has 4 nitrogen and oxygen atoms in total. The molecule has 0 radical (unpaired) electrons. The lowest BCUT2D eigenvalue weighted by atomic mass is 10.2. The fraction of sp³-hybridized carbons (Fsp3) is 0.0667. The average molecular weight is 333 g/mol. The van der Waals surface area contributed by atoms with Gasteiger partial charge in [0.2, 0.25) is 5.91 Å². The number of aromatic hydroxyl groups is 1. The number of anilines is 1. The first-order valence-corrected chi connectivity index (χ1v) is 6.74. The van der Waals surface area contributed by atoms with Crippen molar-refractivity contribution in [1.29, 1.82) is 0 Å². The van der Waals surface area contributed by atoms with Crippen LogP contribution in [0.5, 0.6) is 5.75 Å². The number of nitrogens with zero attached hydrogens (tertiary/aromatic N) is 1. The molecular formula is C15H13BrN2O2. The van der Waals surface area contributed by atoms with E-state index in [1.54, 1.807) is 42.6 Å². The van der Waals surface area contributed by atoms with Crippen molar-refractivity contribution in [3.8, 4) is 5.75 Å². The molecule has 2 N–H and O–H groups in total. The van der Waals surface area contributed by atoms with Gasteiger partial charge in [-0.05, 0) is 36.4 Å². The van der Waals surface area contributed by atoms with Crippen molar-refractivity contribution in [3.63, 3.8) is 0 Å². The van der Waals surface area contributed by atoms with Crippen LogP contribution in [0.25, 0.3) is 0 Å². The molecule has 0 saturated carbocycles. The summed E-state index contributed by atoms with van der Waals surface area (Å²) in [5, 5.41) is 12.4. The lowest BCUT2D eigenvalue weighted by molar-refractivity contribution is -0.114. The SMILES string of the molecule is CC(=O)Nc1cccc(N=Cc2cc(Br)ccc2O)c1. The fourth-order valence-electron chi connectivity index (χ4n) is 1.64. The standard InChI is InChI=1S/C15H13BrN2O2/c1-10(19)18-14-4-2-3-13(8-14)17-9-11-7-12(16)5-6-15(11)20/h2-9,20H,1H3,(H,18,19). The predicted molar refractivity (Wildman–Crippen MR) is 83.8 cm³/mol. The first kappa shape index (κ1) is 14.3. The monoisotopic (exact) mass is 332 g/mol. The molecule has 0 aliphatic heterocycles. The summed E-state index contributed by atoms with van der Waals surface area (Å²) < 4.78 is 0.865. The third-order valence-electron chi connectivity index (χ3n) is 2.51. The maximum absolute atomic E-state index is 11.0. The number of benzene rings is 2. The van der Waals surface area contributed by atoms with E-state index in [0.29, 0.717) is 16.9 Å². The van der Waals surface area contributed by atoms with Crippen LogP contribution in [-0.4, -0.2) is 17.2 Å². The minimum Gasteiger partial charge on any atom is -0.507 e. The number of rotatable bonds is 3. The second-order valence-electron chi connectivity index (χ2n) is 4.19. The largest absolute Gasteiger partial charge is 0.507 e. The van der Waals surface area contributed by atoms with Gasteiger partial charge in [-0.3, -0.25) is 9.79 Å². The maximum Gasteiger partial charge on any atom is 0.221 e. The van der Waals surface area contributed by atoms with Crippen molar-refractivity contribution < 1.29 is 9.90 Å². The van der Waals surface area contributed by atoms with Gasteiger partial charge in [-0.25, -0.2) is 0 Å². The summed E-state index contributed by atoms with van der Waals surface area (Å²) in [7, 11) is 0. The molecule has 2 rings (SSSR count). The maximum atomic E-state index is 11.0. The second kappa shape index (κ2) is 6.34. The first-order chi connectivity index (χ1) is 9.54. The van der Waals surface area contributed by atoms with Crippen LogP contribution in [0.2, 0.25) is 0 Å². The Bertz CT molecular complexity index is 669. The topological polar surface area (TPSA) is 61.7 Å². The molecule has 0 aliphatic rings. The van der Waals surface area contributed by atoms with Gasteiger partial charge >= 0.3 is 0 Å². The number of hydrogen-bond donors (Lipinski definition) is 2. The first-order valence-electron chi connectivity index (χ1n) is 5.95. The van der Waals surface area contributed by atoms with Gasteiger partial charge in [-0.2, -0.15) is 0 Å². The lowest BCUT2D eigenvalue weighted by Crippen LogP contribution is -2.05. The summed E-state index contributed by atoms with van der Waals surface area (Å²) in [6, 6.07) is 12.3. The Morgan fingerprint density at radius 2 is 2.10 bits per heavy atom. The summed E-state index contributed by atoms with van der Waals surface area (Å²) in [6.07, 6.45) is 1.58. The average Bonchev–Trinajstić information content (AvgIpc) is 2.39. The number of carbonyl (C=O) groups excluding carboxylic acids is 1. The van der Waals surface area contributed by atoms with Gasteiger partial charge in [-0.15, -0.1) is 0 Å². The van der Waals surface area contributed by atoms with Crippen LogP contribution in [0.4, 0.5) is 11.4 Å². The Morgan fingerprint density at radius 1 is 1.30 bits per heavy atom. The van der Waals surface area contributed by atoms with Crippen LogP contribution in [0.1, 0.15) is 12.5 Å². The van der Waals surface area contributed by atoms with Gasteiger partial charge < -0.3 is 10.4 Å². The molecular weight excluding hydrogens is 320 g/mol. The summed E-state index contributed by atoms with van der Waals surface area (Å²) in [5.41, 5.74) is 1.99.